The summed E-state index contributed by atoms with van der Waals surface area (Å²) in [5.41, 5.74) is 4.98. The average Bonchev–Trinajstić information content (AvgIpc) is 2.25. The Bertz CT molecular complexity index is 231. The van der Waals surface area contributed by atoms with Crippen molar-refractivity contribution in [3.8, 4) is 0 Å². The summed E-state index contributed by atoms with van der Waals surface area (Å²) in [5.74, 6) is 0. The topological polar surface area (TPSA) is 55.6 Å². The molecule has 0 aliphatic carbocycles. The Hall–Kier alpha value is -0.770. The summed E-state index contributed by atoms with van der Waals surface area (Å²) >= 11 is 0. The molecule has 4 heteroatoms. The number of carbonyl (C=O) groups is 1. The molecule has 1 fully saturated rings. The van der Waals surface area contributed by atoms with Gasteiger partial charge in [-0.2, -0.15) is 0 Å². The third-order valence-corrected chi connectivity index (χ3v) is 2.30. The summed E-state index contributed by atoms with van der Waals surface area (Å²) in [5, 5.41) is 0. The van der Waals surface area contributed by atoms with Crippen LogP contribution in [0.4, 0.5) is 4.79 Å². The van der Waals surface area contributed by atoms with E-state index in [9.17, 15) is 4.79 Å². The first-order chi connectivity index (χ1) is 6.22. The number of hydrogen-bond acceptors (Lipinski definition) is 3. The maximum absolute atomic E-state index is 11.7. The molecule has 1 aliphatic rings. The minimum Gasteiger partial charge on any atom is -0.444 e. The van der Waals surface area contributed by atoms with E-state index in [0.717, 1.165) is 12.8 Å². The van der Waals surface area contributed by atoms with Crippen LogP contribution in [-0.2, 0) is 4.74 Å². The van der Waals surface area contributed by atoms with Gasteiger partial charge in [0.15, 0.2) is 0 Å². The number of rotatable bonds is 0. The van der Waals surface area contributed by atoms with Gasteiger partial charge in [-0.05, 0) is 40.5 Å². The second-order valence-corrected chi connectivity index (χ2v) is 5.09. The molecule has 0 aromatic heterocycles. The molecule has 1 saturated heterocycles. The largest absolute Gasteiger partial charge is 0.444 e. The lowest BCUT2D eigenvalue weighted by Crippen LogP contribution is -2.53. The normalized spacial score (nSPS) is 27.9. The Morgan fingerprint density at radius 1 is 1.50 bits per heavy atom. The highest BCUT2D eigenvalue weighted by Crippen LogP contribution is 2.25. The van der Waals surface area contributed by atoms with E-state index in [2.05, 4.69) is 0 Å². The van der Waals surface area contributed by atoms with Crippen molar-refractivity contribution in [2.75, 3.05) is 6.54 Å². The smallest absolute Gasteiger partial charge is 0.411 e. The van der Waals surface area contributed by atoms with Gasteiger partial charge >= 0.3 is 6.09 Å². The summed E-state index contributed by atoms with van der Waals surface area (Å²) < 4.78 is 5.26. The molecule has 1 heterocycles. The molecule has 0 aromatic rings. The van der Waals surface area contributed by atoms with Crippen LogP contribution in [0.15, 0.2) is 0 Å². The van der Waals surface area contributed by atoms with Gasteiger partial charge in [-0.3, -0.25) is 4.90 Å². The van der Waals surface area contributed by atoms with Crippen molar-refractivity contribution in [3.05, 3.63) is 0 Å². The van der Waals surface area contributed by atoms with Crippen LogP contribution in [0.5, 0.6) is 0 Å². The van der Waals surface area contributed by atoms with Gasteiger partial charge in [0.1, 0.15) is 5.60 Å². The molecule has 0 saturated carbocycles. The fraction of sp³-hybridized carbons (Fsp3) is 0.900. The van der Waals surface area contributed by atoms with E-state index in [4.69, 9.17) is 10.5 Å². The molecule has 4 nitrogen and oxygen atoms in total. The van der Waals surface area contributed by atoms with Crippen LogP contribution < -0.4 is 5.73 Å². The van der Waals surface area contributed by atoms with Crippen molar-refractivity contribution < 1.29 is 9.53 Å². The van der Waals surface area contributed by atoms with Crippen molar-refractivity contribution in [2.24, 2.45) is 5.73 Å². The van der Waals surface area contributed by atoms with Crippen LogP contribution in [-0.4, -0.2) is 28.8 Å². The molecule has 0 unspecified atom stereocenters. The molecule has 0 radical (unpaired) electrons. The van der Waals surface area contributed by atoms with Crippen LogP contribution in [0, 0.1) is 0 Å². The Balaban J connectivity index is 2.62. The second-order valence-electron chi connectivity index (χ2n) is 5.09. The Kier molecular flexibility index (Phi) is 2.76. The van der Waals surface area contributed by atoms with E-state index in [0.29, 0.717) is 6.54 Å². The van der Waals surface area contributed by atoms with Gasteiger partial charge in [0.2, 0.25) is 0 Å². The highest BCUT2D eigenvalue weighted by Gasteiger charge is 2.38. The predicted octanol–water partition coefficient (Wildman–Crippen LogP) is 1.69. The number of ether oxygens (including phenoxy) is 1. The van der Waals surface area contributed by atoms with Crippen molar-refractivity contribution in [1.82, 2.24) is 4.90 Å². The zero-order valence-electron chi connectivity index (χ0n) is 9.46. The minimum atomic E-state index is -0.539. The standard InChI is InChI=1S/C10H20N2O2/c1-9(2,3)14-8(13)12-7-5-6-10(12,4)11/h5-7,11H2,1-4H3/t10-/m0/s1. The summed E-state index contributed by atoms with van der Waals surface area (Å²) in [7, 11) is 0. The number of likely N-dealkylation sites (tertiary alicyclic amines) is 1. The highest BCUT2D eigenvalue weighted by atomic mass is 16.6. The van der Waals surface area contributed by atoms with Crippen molar-refractivity contribution in [2.45, 2.75) is 51.8 Å². The van der Waals surface area contributed by atoms with E-state index >= 15 is 0 Å². The quantitative estimate of drug-likeness (QED) is 0.647. The van der Waals surface area contributed by atoms with Crippen molar-refractivity contribution in [1.29, 1.82) is 0 Å². The Morgan fingerprint density at radius 2 is 2.07 bits per heavy atom. The van der Waals surface area contributed by atoms with Gasteiger partial charge < -0.3 is 10.5 Å². The van der Waals surface area contributed by atoms with Gasteiger partial charge in [0, 0.05) is 6.54 Å². The molecule has 14 heavy (non-hydrogen) atoms. The van der Waals surface area contributed by atoms with Crippen molar-refractivity contribution >= 4 is 6.09 Å². The SMILES string of the molecule is CC(C)(C)OC(=O)N1CCC[C@@]1(C)N. The van der Waals surface area contributed by atoms with Crippen LogP contribution in [0.1, 0.15) is 40.5 Å². The number of carbonyl (C=O) groups excluding carboxylic acids is 1. The number of nitrogens with two attached hydrogens (primary N) is 1. The molecule has 1 amide bonds. The average molecular weight is 200 g/mol. The fourth-order valence-corrected chi connectivity index (χ4v) is 1.60. The van der Waals surface area contributed by atoms with Gasteiger partial charge in [0.25, 0.3) is 0 Å². The Morgan fingerprint density at radius 3 is 2.43 bits per heavy atom. The molecular formula is C10H20N2O2. The second kappa shape index (κ2) is 3.42. The van der Waals surface area contributed by atoms with Crippen LogP contribution >= 0.6 is 0 Å². The first-order valence-electron chi connectivity index (χ1n) is 5.02. The van der Waals surface area contributed by atoms with E-state index in [1.54, 1.807) is 4.90 Å². The van der Waals surface area contributed by atoms with Gasteiger partial charge in [0.05, 0.1) is 5.66 Å². The molecule has 1 atom stereocenters. The van der Waals surface area contributed by atoms with Gasteiger partial charge in [-0.15, -0.1) is 0 Å². The summed E-state index contributed by atoms with van der Waals surface area (Å²) in [6, 6.07) is 0. The van der Waals surface area contributed by atoms with E-state index < -0.39 is 11.3 Å². The monoisotopic (exact) mass is 200 g/mol. The lowest BCUT2D eigenvalue weighted by Gasteiger charge is -2.33. The maximum atomic E-state index is 11.7. The van der Waals surface area contributed by atoms with E-state index in [1.165, 1.54) is 0 Å². The molecule has 1 rings (SSSR count). The van der Waals surface area contributed by atoms with E-state index in [-0.39, 0.29) is 6.09 Å². The zero-order valence-corrected chi connectivity index (χ0v) is 9.46. The highest BCUT2D eigenvalue weighted by molar-refractivity contribution is 5.69. The third kappa shape index (κ3) is 2.61. The summed E-state index contributed by atoms with van der Waals surface area (Å²) in [6.45, 7) is 8.13. The Labute approximate surface area is 85.4 Å². The molecule has 0 spiro atoms. The van der Waals surface area contributed by atoms with Gasteiger partial charge in [-0.1, -0.05) is 0 Å². The third-order valence-electron chi connectivity index (χ3n) is 2.30. The first-order valence-corrected chi connectivity index (χ1v) is 5.02. The zero-order chi connectivity index (χ0) is 11.0. The lowest BCUT2D eigenvalue weighted by molar-refractivity contribution is 0.0117. The minimum absolute atomic E-state index is 0.306. The summed E-state index contributed by atoms with van der Waals surface area (Å²) in [6.07, 6.45) is 1.48. The lowest BCUT2D eigenvalue weighted by atomic mass is 10.1. The number of amides is 1. The maximum Gasteiger partial charge on any atom is 0.411 e. The molecular weight excluding hydrogens is 180 g/mol. The number of nitrogens with zero attached hydrogens (tertiary/aromatic N) is 1. The molecule has 0 bridgehead atoms. The van der Waals surface area contributed by atoms with Gasteiger partial charge in [-0.25, -0.2) is 4.79 Å². The van der Waals surface area contributed by atoms with Crippen molar-refractivity contribution in [3.63, 3.8) is 0 Å². The van der Waals surface area contributed by atoms with Crippen LogP contribution in [0.25, 0.3) is 0 Å². The molecule has 82 valence electrons. The van der Waals surface area contributed by atoms with Crippen LogP contribution in [0.3, 0.4) is 0 Å². The summed E-state index contributed by atoms with van der Waals surface area (Å²) in [4.78, 5) is 13.3. The molecule has 1 aliphatic heterocycles. The number of hydrogen-bond donors (Lipinski definition) is 1. The predicted molar refractivity (Wildman–Crippen MR) is 54.8 cm³/mol. The van der Waals surface area contributed by atoms with E-state index in [1.807, 2.05) is 27.7 Å². The molecule has 2 N–H and O–H groups in total. The first kappa shape index (κ1) is 11.3. The van der Waals surface area contributed by atoms with Crippen LogP contribution in [0.2, 0.25) is 0 Å². The molecule has 0 aromatic carbocycles. The fourth-order valence-electron chi connectivity index (χ4n) is 1.60.